The number of carbonyl (C=O) groups excluding carboxylic acids is 4. The Kier molecular flexibility index (Phi) is 6.78. The van der Waals surface area contributed by atoms with E-state index in [0.29, 0.717) is 23.6 Å². The number of ether oxygens (including phenoxy) is 2. The van der Waals surface area contributed by atoms with Gasteiger partial charge in [0.1, 0.15) is 5.75 Å². The summed E-state index contributed by atoms with van der Waals surface area (Å²) >= 11 is 0. The van der Waals surface area contributed by atoms with Crippen molar-refractivity contribution in [2.45, 2.75) is 33.3 Å². The fourth-order valence-corrected chi connectivity index (χ4v) is 3.88. The molecule has 1 atom stereocenters. The van der Waals surface area contributed by atoms with Crippen LogP contribution in [0.4, 0.5) is 5.69 Å². The molecule has 35 heavy (non-hydrogen) atoms. The molecule has 0 aliphatic carbocycles. The molecule has 7 nitrogen and oxygen atoms in total. The highest BCUT2D eigenvalue weighted by molar-refractivity contribution is 6.34. The summed E-state index contributed by atoms with van der Waals surface area (Å²) in [5.41, 5.74) is 2.33. The van der Waals surface area contributed by atoms with Gasteiger partial charge in [0, 0.05) is 5.56 Å². The van der Waals surface area contributed by atoms with Crippen molar-refractivity contribution in [3.8, 4) is 5.75 Å². The van der Waals surface area contributed by atoms with E-state index in [1.807, 2.05) is 26.0 Å². The van der Waals surface area contributed by atoms with Crippen LogP contribution in [0.1, 0.15) is 67.8 Å². The fourth-order valence-electron chi connectivity index (χ4n) is 3.88. The number of anilines is 1. The van der Waals surface area contributed by atoms with E-state index in [0.717, 1.165) is 16.9 Å². The highest BCUT2D eigenvalue weighted by Gasteiger charge is 2.37. The third-order valence-corrected chi connectivity index (χ3v) is 5.83. The number of aryl methyl sites for hydroxylation is 1. The van der Waals surface area contributed by atoms with Gasteiger partial charge in [0.2, 0.25) is 5.78 Å². The van der Waals surface area contributed by atoms with E-state index in [9.17, 15) is 19.2 Å². The Morgan fingerprint density at radius 3 is 2.09 bits per heavy atom. The van der Waals surface area contributed by atoms with Gasteiger partial charge in [-0.15, -0.1) is 0 Å². The standard InChI is InChI=1S/C28H25NO6/c1-4-18-6-8-19(9-7-18)25(30)17(3)35-28(33)20-10-15-23-24(16-20)27(32)29(26(23)31)21-11-13-22(14-12-21)34-5-2/h6-17H,4-5H2,1-3H3. The van der Waals surface area contributed by atoms with Gasteiger partial charge in [-0.05, 0) is 68.3 Å². The van der Waals surface area contributed by atoms with Crippen LogP contribution in [-0.4, -0.2) is 36.3 Å². The number of hydrogen-bond acceptors (Lipinski definition) is 6. The van der Waals surface area contributed by atoms with Crippen molar-refractivity contribution >= 4 is 29.3 Å². The Morgan fingerprint density at radius 1 is 0.829 bits per heavy atom. The van der Waals surface area contributed by atoms with Gasteiger partial charge in [0.25, 0.3) is 11.8 Å². The highest BCUT2D eigenvalue weighted by Crippen LogP contribution is 2.30. The van der Waals surface area contributed by atoms with Gasteiger partial charge in [-0.25, -0.2) is 9.69 Å². The summed E-state index contributed by atoms with van der Waals surface area (Å²) in [6.45, 7) is 5.89. The Hall–Kier alpha value is -4.26. The van der Waals surface area contributed by atoms with Gasteiger partial charge in [0.15, 0.2) is 6.10 Å². The summed E-state index contributed by atoms with van der Waals surface area (Å²) in [7, 11) is 0. The molecule has 0 saturated carbocycles. The zero-order valence-corrected chi connectivity index (χ0v) is 19.7. The quantitative estimate of drug-likeness (QED) is 0.264. The lowest BCUT2D eigenvalue weighted by molar-refractivity contribution is 0.0318. The van der Waals surface area contributed by atoms with Gasteiger partial charge < -0.3 is 9.47 Å². The molecule has 7 heteroatoms. The molecule has 3 aromatic carbocycles. The second-order valence-corrected chi connectivity index (χ2v) is 8.10. The van der Waals surface area contributed by atoms with Crippen LogP contribution in [0.15, 0.2) is 66.7 Å². The van der Waals surface area contributed by atoms with E-state index >= 15 is 0 Å². The predicted molar refractivity (Wildman–Crippen MR) is 130 cm³/mol. The number of fused-ring (bicyclic) bond motifs is 1. The molecule has 1 aliphatic heterocycles. The first-order valence-electron chi connectivity index (χ1n) is 11.4. The largest absolute Gasteiger partial charge is 0.494 e. The number of nitrogens with zero attached hydrogens (tertiary/aromatic N) is 1. The molecule has 0 spiro atoms. The number of rotatable bonds is 8. The Balaban J connectivity index is 1.50. The van der Waals surface area contributed by atoms with Crippen LogP contribution in [0.2, 0.25) is 0 Å². The highest BCUT2D eigenvalue weighted by atomic mass is 16.5. The van der Waals surface area contributed by atoms with Crippen molar-refractivity contribution in [2.24, 2.45) is 0 Å². The topological polar surface area (TPSA) is 90.0 Å². The molecule has 3 aromatic rings. The normalized spacial score (nSPS) is 13.4. The summed E-state index contributed by atoms with van der Waals surface area (Å²) in [5.74, 6) is -1.46. The third kappa shape index (κ3) is 4.71. The van der Waals surface area contributed by atoms with Gasteiger partial charge in [-0.3, -0.25) is 14.4 Å². The molecule has 1 aliphatic rings. The lowest BCUT2D eigenvalue weighted by atomic mass is 10.0. The van der Waals surface area contributed by atoms with E-state index in [1.165, 1.54) is 25.1 Å². The summed E-state index contributed by atoms with van der Waals surface area (Å²) in [5, 5.41) is 0. The molecule has 0 radical (unpaired) electrons. The Bertz CT molecular complexity index is 1290. The minimum absolute atomic E-state index is 0.0828. The van der Waals surface area contributed by atoms with E-state index in [2.05, 4.69) is 0 Å². The number of amides is 2. The van der Waals surface area contributed by atoms with Crippen molar-refractivity contribution in [1.29, 1.82) is 0 Å². The first kappa shape index (κ1) is 23.9. The zero-order valence-electron chi connectivity index (χ0n) is 19.7. The minimum Gasteiger partial charge on any atom is -0.494 e. The molecule has 2 amide bonds. The van der Waals surface area contributed by atoms with Crippen LogP contribution in [0.25, 0.3) is 0 Å². The number of Topliss-reactive ketones (excluding diaryl/α,β-unsaturated/α-hetero) is 1. The number of ketones is 1. The first-order valence-corrected chi connectivity index (χ1v) is 11.4. The number of carbonyl (C=O) groups is 4. The van der Waals surface area contributed by atoms with Gasteiger partial charge >= 0.3 is 5.97 Å². The van der Waals surface area contributed by atoms with Crippen molar-refractivity contribution in [3.05, 3.63) is 94.5 Å². The molecule has 0 saturated heterocycles. The second-order valence-electron chi connectivity index (χ2n) is 8.10. The van der Waals surface area contributed by atoms with Crippen LogP contribution >= 0.6 is 0 Å². The van der Waals surface area contributed by atoms with Crippen LogP contribution < -0.4 is 9.64 Å². The molecule has 0 N–H and O–H groups in total. The fraction of sp³-hybridized carbons (Fsp3) is 0.214. The van der Waals surface area contributed by atoms with Gasteiger partial charge in [-0.1, -0.05) is 31.2 Å². The molecular weight excluding hydrogens is 446 g/mol. The average molecular weight is 472 g/mol. The van der Waals surface area contributed by atoms with Crippen molar-refractivity contribution in [3.63, 3.8) is 0 Å². The maximum atomic E-state index is 13.0. The van der Waals surface area contributed by atoms with Gasteiger partial charge in [-0.2, -0.15) is 0 Å². The number of esters is 1. The lowest BCUT2D eigenvalue weighted by Crippen LogP contribution is -2.29. The van der Waals surface area contributed by atoms with Crippen LogP contribution in [0.5, 0.6) is 5.75 Å². The molecular formula is C28H25NO6. The number of hydrogen-bond donors (Lipinski definition) is 0. The van der Waals surface area contributed by atoms with Crippen molar-refractivity contribution in [1.82, 2.24) is 0 Å². The summed E-state index contributed by atoms with van der Waals surface area (Å²) < 4.78 is 10.8. The van der Waals surface area contributed by atoms with Gasteiger partial charge in [0.05, 0.1) is 29.0 Å². The third-order valence-electron chi connectivity index (χ3n) is 5.83. The van der Waals surface area contributed by atoms with E-state index in [1.54, 1.807) is 36.4 Å². The smallest absolute Gasteiger partial charge is 0.338 e. The molecule has 0 aromatic heterocycles. The molecule has 0 bridgehead atoms. The summed E-state index contributed by atoms with van der Waals surface area (Å²) in [6, 6.07) is 17.9. The summed E-state index contributed by atoms with van der Waals surface area (Å²) in [6.07, 6.45) is -0.157. The number of benzene rings is 3. The number of imide groups is 1. The Labute approximate surface area is 203 Å². The molecule has 0 fully saturated rings. The van der Waals surface area contributed by atoms with E-state index in [4.69, 9.17) is 9.47 Å². The SMILES string of the molecule is CCOc1ccc(N2C(=O)c3ccc(C(=O)OC(C)C(=O)c4ccc(CC)cc4)cc3C2=O)cc1. The first-order chi connectivity index (χ1) is 16.8. The van der Waals surface area contributed by atoms with E-state index in [-0.39, 0.29) is 22.5 Å². The maximum Gasteiger partial charge on any atom is 0.338 e. The molecule has 1 heterocycles. The van der Waals surface area contributed by atoms with E-state index < -0.39 is 23.9 Å². The molecule has 1 unspecified atom stereocenters. The monoisotopic (exact) mass is 471 g/mol. The second kappa shape index (κ2) is 9.93. The maximum absolute atomic E-state index is 13.0. The molecule has 4 rings (SSSR count). The predicted octanol–water partition coefficient (Wildman–Crippen LogP) is 4.88. The van der Waals surface area contributed by atoms with Crippen LogP contribution in [0, 0.1) is 0 Å². The van der Waals surface area contributed by atoms with Crippen molar-refractivity contribution in [2.75, 3.05) is 11.5 Å². The van der Waals surface area contributed by atoms with Crippen LogP contribution in [0.3, 0.4) is 0 Å². The van der Waals surface area contributed by atoms with Crippen LogP contribution in [-0.2, 0) is 11.2 Å². The van der Waals surface area contributed by atoms with Crippen molar-refractivity contribution < 1.29 is 28.7 Å². The Morgan fingerprint density at radius 2 is 1.46 bits per heavy atom. The average Bonchev–Trinajstić information content (AvgIpc) is 3.13. The zero-order chi connectivity index (χ0) is 25.1. The molecule has 178 valence electrons. The lowest BCUT2D eigenvalue weighted by Gasteiger charge is -2.14. The minimum atomic E-state index is -1.01. The summed E-state index contributed by atoms with van der Waals surface area (Å²) in [4.78, 5) is 52.4.